The summed E-state index contributed by atoms with van der Waals surface area (Å²) in [5.74, 6) is 0.102. The van der Waals surface area contributed by atoms with Crippen LogP contribution in [0.4, 0.5) is 0 Å². The third-order valence-corrected chi connectivity index (χ3v) is 9.11. The minimum Gasteiger partial charge on any atom is -0.475 e. The Bertz CT molecular complexity index is 737. The van der Waals surface area contributed by atoms with Gasteiger partial charge < -0.3 is 5.11 Å². The highest BCUT2D eigenvalue weighted by molar-refractivity contribution is 6.33. The van der Waals surface area contributed by atoms with E-state index in [0.717, 1.165) is 32.1 Å². The van der Waals surface area contributed by atoms with Gasteiger partial charge in [-0.05, 0) is 78.6 Å². The van der Waals surface area contributed by atoms with Crippen molar-refractivity contribution in [2.75, 3.05) is 0 Å². The highest BCUT2D eigenvalue weighted by atomic mass is 16.4. The fraction of sp³-hybridized carbons (Fsp3) is 0.783. The predicted molar refractivity (Wildman–Crippen MR) is 102 cm³/mol. The lowest BCUT2D eigenvalue weighted by Crippen LogP contribution is -2.53. The molecule has 0 heterocycles. The number of hydrogen-bond donors (Lipinski definition) is 1. The van der Waals surface area contributed by atoms with E-state index in [0.29, 0.717) is 30.1 Å². The number of aliphatic carboxylic acids is 1. The van der Waals surface area contributed by atoms with Gasteiger partial charge >= 0.3 is 5.97 Å². The second-order valence-corrected chi connectivity index (χ2v) is 10.4. The molecule has 0 saturated heterocycles. The Hall–Kier alpha value is -1.45. The van der Waals surface area contributed by atoms with Crippen LogP contribution < -0.4 is 0 Å². The van der Waals surface area contributed by atoms with Gasteiger partial charge in [0, 0.05) is 12.3 Å². The summed E-state index contributed by atoms with van der Waals surface area (Å²) in [6.45, 7) is 8.87. The molecule has 0 aromatic heterocycles. The smallest absolute Gasteiger partial charge is 0.372 e. The van der Waals surface area contributed by atoms with Gasteiger partial charge in [-0.3, -0.25) is 9.59 Å². The molecule has 0 aliphatic heterocycles. The molecule has 0 bridgehead atoms. The first-order valence-corrected chi connectivity index (χ1v) is 10.6. The zero-order chi connectivity index (χ0) is 19.7. The summed E-state index contributed by atoms with van der Waals surface area (Å²) in [5, 5.41) is 9.37. The Morgan fingerprint density at radius 1 is 1.11 bits per heavy atom. The van der Waals surface area contributed by atoms with E-state index in [-0.39, 0.29) is 28.4 Å². The average Bonchev–Trinajstić information content (AvgIpc) is 2.86. The summed E-state index contributed by atoms with van der Waals surface area (Å²) >= 11 is 0. The standard InChI is InChI=1S/C23H32O4/c1-12-9-15-16(22(3)7-5-14(24)11-17(12)22)6-8-23(4)18(15)10-13(2)19(23)20(25)21(26)27/h11-13,15-16,18-19H,5-10H2,1-4H3,(H,26,27)/t12?,13?,15-,16+,18+,19-,22-,23+/m1/s1. The average molecular weight is 373 g/mol. The van der Waals surface area contributed by atoms with Crippen molar-refractivity contribution in [3.63, 3.8) is 0 Å². The monoisotopic (exact) mass is 372 g/mol. The molecule has 148 valence electrons. The molecule has 2 unspecified atom stereocenters. The number of ketones is 2. The van der Waals surface area contributed by atoms with Gasteiger partial charge in [0.25, 0.3) is 0 Å². The molecule has 3 saturated carbocycles. The van der Waals surface area contributed by atoms with E-state index >= 15 is 0 Å². The largest absolute Gasteiger partial charge is 0.475 e. The van der Waals surface area contributed by atoms with Gasteiger partial charge in [0.05, 0.1) is 0 Å². The van der Waals surface area contributed by atoms with Crippen molar-refractivity contribution in [1.29, 1.82) is 0 Å². The van der Waals surface area contributed by atoms with Crippen molar-refractivity contribution in [1.82, 2.24) is 0 Å². The zero-order valence-corrected chi connectivity index (χ0v) is 17.0. The van der Waals surface area contributed by atoms with Crippen LogP contribution in [0, 0.1) is 46.3 Å². The summed E-state index contributed by atoms with van der Waals surface area (Å²) in [4.78, 5) is 36.0. The fourth-order valence-electron chi connectivity index (χ4n) is 8.04. The molecule has 0 aromatic carbocycles. The van der Waals surface area contributed by atoms with Crippen LogP contribution in [0.5, 0.6) is 0 Å². The molecule has 27 heavy (non-hydrogen) atoms. The lowest BCUT2D eigenvalue weighted by Gasteiger charge is -2.59. The van der Waals surface area contributed by atoms with Crippen molar-refractivity contribution in [2.24, 2.45) is 46.3 Å². The number of fused-ring (bicyclic) bond motifs is 5. The first kappa shape index (κ1) is 18.9. The molecule has 4 aliphatic rings. The maximum absolute atomic E-state index is 12.5. The normalized spacial score (nSPS) is 48.9. The van der Waals surface area contributed by atoms with Crippen molar-refractivity contribution >= 4 is 17.5 Å². The molecule has 4 heteroatoms. The highest BCUT2D eigenvalue weighted by Gasteiger charge is 2.63. The van der Waals surface area contributed by atoms with Crippen LogP contribution in [0.15, 0.2) is 11.6 Å². The van der Waals surface area contributed by atoms with E-state index in [2.05, 4.69) is 27.7 Å². The molecular formula is C23H32O4. The first-order valence-electron chi connectivity index (χ1n) is 10.6. The number of carboxylic acid groups (broad SMARTS) is 1. The summed E-state index contributed by atoms with van der Waals surface area (Å²) in [7, 11) is 0. The summed E-state index contributed by atoms with van der Waals surface area (Å²) in [6, 6.07) is 0. The Morgan fingerprint density at radius 2 is 1.81 bits per heavy atom. The number of hydrogen-bond acceptors (Lipinski definition) is 3. The van der Waals surface area contributed by atoms with Crippen LogP contribution in [-0.4, -0.2) is 22.6 Å². The molecule has 4 aliphatic carbocycles. The molecule has 1 N–H and O–H groups in total. The second-order valence-electron chi connectivity index (χ2n) is 10.4. The number of carboxylic acids is 1. The van der Waals surface area contributed by atoms with Crippen LogP contribution in [0.25, 0.3) is 0 Å². The minimum absolute atomic E-state index is 0.0930. The lowest BCUT2D eigenvalue weighted by atomic mass is 9.45. The van der Waals surface area contributed by atoms with Crippen molar-refractivity contribution < 1.29 is 19.5 Å². The quantitative estimate of drug-likeness (QED) is 0.735. The highest BCUT2D eigenvalue weighted by Crippen LogP contribution is 2.68. The number of carbonyl (C=O) groups excluding carboxylic acids is 2. The molecule has 0 aromatic rings. The molecule has 0 spiro atoms. The summed E-state index contributed by atoms with van der Waals surface area (Å²) < 4.78 is 0. The molecule has 0 radical (unpaired) electrons. The molecule has 0 amide bonds. The number of allylic oxidation sites excluding steroid dienone is 1. The number of carbonyl (C=O) groups is 3. The first-order chi connectivity index (χ1) is 12.6. The SMILES string of the molecule is CC1C[C@H]2[C@@H]3CC(C)[C@H](C(=O)C(=O)O)[C@@]3(C)CC[C@@H]2[C@@]2(C)CCC(=O)C=C12. The van der Waals surface area contributed by atoms with Crippen LogP contribution >= 0.6 is 0 Å². The fourth-order valence-corrected chi connectivity index (χ4v) is 8.04. The number of rotatable bonds is 2. The maximum atomic E-state index is 12.5. The van der Waals surface area contributed by atoms with E-state index in [1.807, 2.05) is 6.08 Å². The van der Waals surface area contributed by atoms with Gasteiger partial charge in [0.15, 0.2) is 5.78 Å². The van der Waals surface area contributed by atoms with E-state index in [1.165, 1.54) is 5.57 Å². The Morgan fingerprint density at radius 3 is 2.48 bits per heavy atom. The Labute approximate surface area is 161 Å². The van der Waals surface area contributed by atoms with E-state index in [4.69, 9.17) is 0 Å². The molecule has 4 rings (SSSR count). The summed E-state index contributed by atoms with van der Waals surface area (Å²) in [5.41, 5.74) is 1.25. The van der Waals surface area contributed by atoms with Gasteiger partial charge in [-0.1, -0.05) is 33.3 Å². The maximum Gasteiger partial charge on any atom is 0.372 e. The van der Waals surface area contributed by atoms with E-state index in [9.17, 15) is 19.5 Å². The van der Waals surface area contributed by atoms with Crippen LogP contribution in [0.1, 0.15) is 66.2 Å². The minimum atomic E-state index is -1.27. The van der Waals surface area contributed by atoms with E-state index in [1.54, 1.807) is 0 Å². The van der Waals surface area contributed by atoms with Gasteiger partial charge in [0.1, 0.15) is 0 Å². The molecular weight excluding hydrogens is 340 g/mol. The van der Waals surface area contributed by atoms with Crippen LogP contribution in [0.2, 0.25) is 0 Å². The van der Waals surface area contributed by atoms with Crippen molar-refractivity contribution in [2.45, 2.75) is 66.2 Å². The molecule has 4 nitrogen and oxygen atoms in total. The molecule has 8 atom stereocenters. The lowest BCUT2D eigenvalue weighted by molar-refractivity contribution is -0.155. The third-order valence-electron chi connectivity index (χ3n) is 9.11. The van der Waals surface area contributed by atoms with Gasteiger partial charge in [-0.2, -0.15) is 0 Å². The second kappa shape index (κ2) is 6.02. The third kappa shape index (κ3) is 2.51. The topological polar surface area (TPSA) is 71.4 Å². The zero-order valence-electron chi connectivity index (χ0n) is 17.0. The van der Waals surface area contributed by atoms with Crippen LogP contribution in [0.3, 0.4) is 0 Å². The van der Waals surface area contributed by atoms with Crippen molar-refractivity contribution in [3.8, 4) is 0 Å². The van der Waals surface area contributed by atoms with E-state index < -0.39 is 11.8 Å². The predicted octanol–water partition coefficient (Wildman–Crippen LogP) is 4.28. The number of Topliss-reactive ketones (excluding diaryl/α,β-unsaturated/α-hetero) is 1. The molecule has 3 fully saturated rings. The Balaban J connectivity index is 1.71. The van der Waals surface area contributed by atoms with Crippen LogP contribution in [-0.2, 0) is 14.4 Å². The van der Waals surface area contributed by atoms with Gasteiger partial charge in [-0.25, -0.2) is 4.79 Å². The van der Waals surface area contributed by atoms with Gasteiger partial charge in [-0.15, -0.1) is 0 Å². The van der Waals surface area contributed by atoms with Crippen molar-refractivity contribution in [3.05, 3.63) is 11.6 Å². The van der Waals surface area contributed by atoms with Gasteiger partial charge in [0.2, 0.25) is 5.78 Å². The summed E-state index contributed by atoms with van der Waals surface area (Å²) in [6.07, 6.45) is 7.53. The Kier molecular flexibility index (Phi) is 4.21.